The number of methoxy groups -OCH3 is 2. The highest BCUT2D eigenvalue weighted by atomic mass is 32.2. The van der Waals surface area contributed by atoms with Gasteiger partial charge in [-0.1, -0.05) is 18.6 Å². The molecule has 0 saturated carbocycles. The van der Waals surface area contributed by atoms with E-state index in [2.05, 4.69) is 5.32 Å². The standard InChI is InChI=1S/C21H26N2O5S/c1-27-19-11-8-17(14-20(19)28-2)21(24)22-15-16-6-9-18(10-7-16)29(25,26)23-12-4-3-5-13-23/h6-11,14H,3-5,12-13,15H2,1-2H3,(H,22,24). The van der Waals surface area contributed by atoms with Gasteiger partial charge in [0.15, 0.2) is 11.5 Å². The Kier molecular flexibility index (Phi) is 6.76. The van der Waals surface area contributed by atoms with Crippen molar-refractivity contribution in [1.82, 2.24) is 9.62 Å². The summed E-state index contributed by atoms with van der Waals surface area (Å²) in [6.45, 7) is 1.44. The lowest BCUT2D eigenvalue weighted by Crippen LogP contribution is -2.35. The van der Waals surface area contributed by atoms with Gasteiger partial charge in [-0.2, -0.15) is 4.31 Å². The molecule has 8 heteroatoms. The molecule has 2 aromatic carbocycles. The number of carbonyl (C=O) groups excluding carboxylic acids is 1. The number of carbonyl (C=O) groups is 1. The number of piperidine rings is 1. The SMILES string of the molecule is COc1ccc(C(=O)NCc2ccc(S(=O)(=O)N3CCCCC3)cc2)cc1OC. The van der Waals surface area contributed by atoms with Crippen LogP contribution in [0, 0.1) is 0 Å². The van der Waals surface area contributed by atoms with Crippen LogP contribution in [-0.4, -0.2) is 45.9 Å². The zero-order valence-corrected chi connectivity index (χ0v) is 17.5. The molecule has 0 spiro atoms. The number of benzene rings is 2. The number of nitrogens with one attached hydrogen (secondary N) is 1. The molecule has 0 unspecified atom stereocenters. The van der Waals surface area contributed by atoms with Gasteiger partial charge in [-0.25, -0.2) is 8.42 Å². The van der Waals surface area contributed by atoms with Gasteiger partial charge >= 0.3 is 0 Å². The number of hydrogen-bond acceptors (Lipinski definition) is 5. The molecule has 1 aliphatic rings. The van der Waals surface area contributed by atoms with Crippen molar-refractivity contribution in [2.45, 2.75) is 30.7 Å². The van der Waals surface area contributed by atoms with Gasteiger partial charge in [-0.3, -0.25) is 4.79 Å². The zero-order valence-electron chi connectivity index (χ0n) is 16.7. The van der Waals surface area contributed by atoms with Crippen LogP contribution in [0.25, 0.3) is 0 Å². The third-order valence-electron chi connectivity index (χ3n) is 4.97. The second-order valence-electron chi connectivity index (χ2n) is 6.86. The molecule has 1 amide bonds. The minimum Gasteiger partial charge on any atom is -0.493 e. The van der Waals surface area contributed by atoms with E-state index in [1.807, 2.05) is 0 Å². The Morgan fingerprint density at radius 3 is 2.24 bits per heavy atom. The number of rotatable bonds is 7. The van der Waals surface area contributed by atoms with Crippen LogP contribution in [0.2, 0.25) is 0 Å². The molecule has 0 bridgehead atoms. The molecule has 0 atom stereocenters. The Hall–Kier alpha value is -2.58. The molecule has 1 heterocycles. The lowest BCUT2D eigenvalue weighted by molar-refractivity contribution is 0.0950. The summed E-state index contributed by atoms with van der Waals surface area (Å²) < 4.78 is 37.3. The van der Waals surface area contributed by atoms with Crippen molar-refractivity contribution in [3.63, 3.8) is 0 Å². The topological polar surface area (TPSA) is 84.9 Å². The quantitative estimate of drug-likeness (QED) is 0.747. The number of sulfonamides is 1. The molecular formula is C21H26N2O5S. The van der Waals surface area contributed by atoms with Gasteiger partial charge < -0.3 is 14.8 Å². The lowest BCUT2D eigenvalue weighted by atomic mass is 10.1. The Bertz CT molecular complexity index is 952. The minimum absolute atomic E-state index is 0.254. The largest absolute Gasteiger partial charge is 0.493 e. The van der Waals surface area contributed by atoms with Crippen molar-refractivity contribution >= 4 is 15.9 Å². The maximum atomic E-state index is 12.7. The Balaban J connectivity index is 1.63. The Morgan fingerprint density at radius 1 is 0.966 bits per heavy atom. The van der Waals surface area contributed by atoms with Gasteiger partial charge in [-0.05, 0) is 48.7 Å². The van der Waals surface area contributed by atoms with Crippen molar-refractivity contribution in [2.24, 2.45) is 0 Å². The van der Waals surface area contributed by atoms with E-state index in [9.17, 15) is 13.2 Å². The van der Waals surface area contributed by atoms with Crippen molar-refractivity contribution in [3.8, 4) is 11.5 Å². The fraction of sp³-hybridized carbons (Fsp3) is 0.381. The fourth-order valence-electron chi connectivity index (χ4n) is 3.30. The predicted molar refractivity (Wildman–Crippen MR) is 110 cm³/mol. The van der Waals surface area contributed by atoms with Crippen LogP contribution < -0.4 is 14.8 Å². The van der Waals surface area contributed by atoms with Crippen LogP contribution in [0.15, 0.2) is 47.4 Å². The third kappa shape index (κ3) is 4.89. The molecule has 29 heavy (non-hydrogen) atoms. The van der Waals surface area contributed by atoms with Crippen LogP contribution in [0.4, 0.5) is 0 Å². The third-order valence-corrected chi connectivity index (χ3v) is 6.89. The maximum absolute atomic E-state index is 12.7. The highest BCUT2D eigenvalue weighted by Crippen LogP contribution is 2.27. The van der Waals surface area contributed by atoms with E-state index in [4.69, 9.17) is 9.47 Å². The summed E-state index contributed by atoms with van der Waals surface area (Å²) in [5.74, 6) is 0.776. The monoisotopic (exact) mass is 418 g/mol. The molecule has 1 fully saturated rings. The molecule has 0 radical (unpaired) electrons. The van der Waals surface area contributed by atoms with Crippen molar-refractivity contribution in [3.05, 3.63) is 53.6 Å². The summed E-state index contributed by atoms with van der Waals surface area (Å²) in [6, 6.07) is 11.6. The van der Waals surface area contributed by atoms with Crippen LogP contribution in [-0.2, 0) is 16.6 Å². The van der Waals surface area contributed by atoms with Crippen LogP contribution in [0.5, 0.6) is 11.5 Å². The average Bonchev–Trinajstić information content (AvgIpc) is 2.77. The first-order chi connectivity index (χ1) is 14.0. The van der Waals surface area contributed by atoms with E-state index in [1.54, 1.807) is 46.8 Å². The molecule has 1 N–H and O–H groups in total. The summed E-state index contributed by atoms with van der Waals surface area (Å²) in [7, 11) is -0.400. The number of amides is 1. The molecule has 1 saturated heterocycles. The second kappa shape index (κ2) is 9.28. The summed E-state index contributed by atoms with van der Waals surface area (Å²) in [4.78, 5) is 12.7. The smallest absolute Gasteiger partial charge is 0.251 e. The predicted octanol–water partition coefficient (Wildman–Crippen LogP) is 2.81. The van der Waals surface area contributed by atoms with Gasteiger partial charge in [0.05, 0.1) is 19.1 Å². The number of hydrogen-bond donors (Lipinski definition) is 1. The van der Waals surface area contributed by atoms with E-state index in [1.165, 1.54) is 14.2 Å². The van der Waals surface area contributed by atoms with E-state index >= 15 is 0 Å². The Morgan fingerprint density at radius 2 is 1.62 bits per heavy atom. The van der Waals surface area contributed by atoms with Crippen molar-refractivity contribution in [2.75, 3.05) is 27.3 Å². The highest BCUT2D eigenvalue weighted by Gasteiger charge is 2.25. The van der Waals surface area contributed by atoms with E-state index in [-0.39, 0.29) is 17.3 Å². The second-order valence-corrected chi connectivity index (χ2v) is 8.80. The first kappa shape index (κ1) is 21.1. The first-order valence-corrected chi connectivity index (χ1v) is 11.0. The zero-order chi connectivity index (χ0) is 20.9. The molecule has 0 aliphatic carbocycles. The van der Waals surface area contributed by atoms with Crippen LogP contribution in [0.1, 0.15) is 35.2 Å². The number of nitrogens with zero attached hydrogens (tertiary/aromatic N) is 1. The van der Waals surface area contributed by atoms with E-state index in [0.717, 1.165) is 24.8 Å². The highest BCUT2D eigenvalue weighted by molar-refractivity contribution is 7.89. The summed E-state index contributed by atoms with van der Waals surface area (Å²) in [6.07, 6.45) is 2.88. The molecule has 3 rings (SSSR count). The maximum Gasteiger partial charge on any atom is 0.251 e. The molecule has 1 aliphatic heterocycles. The van der Waals surface area contributed by atoms with Crippen molar-refractivity contribution in [1.29, 1.82) is 0 Å². The van der Waals surface area contributed by atoms with Gasteiger partial charge in [0.2, 0.25) is 10.0 Å². The van der Waals surface area contributed by atoms with Gasteiger partial charge in [0.1, 0.15) is 0 Å². The number of ether oxygens (including phenoxy) is 2. The lowest BCUT2D eigenvalue weighted by Gasteiger charge is -2.25. The fourth-order valence-corrected chi connectivity index (χ4v) is 4.81. The van der Waals surface area contributed by atoms with Crippen LogP contribution in [0.3, 0.4) is 0 Å². The summed E-state index contributed by atoms with van der Waals surface area (Å²) >= 11 is 0. The van der Waals surface area contributed by atoms with E-state index in [0.29, 0.717) is 30.2 Å². The molecule has 7 nitrogen and oxygen atoms in total. The molecule has 156 valence electrons. The van der Waals surface area contributed by atoms with Crippen molar-refractivity contribution < 1.29 is 22.7 Å². The minimum atomic E-state index is -3.45. The summed E-state index contributed by atoms with van der Waals surface area (Å²) in [5.41, 5.74) is 1.27. The van der Waals surface area contributed by atoms with Gasteiger partial charge in [-0.15, -0.1) is 0 Å². The van der Waals surface area contributed by atoms with Gasteiger partial charge in [0.25, 0.3) is 5.91 Å². The molecule has 2 aromatic rings. The van der Waals surface area contributed by atoms with Gasteiger partial charge in [0, 0.05) is 25.2 Å². The normalized spacial score (nSPS) is 15.0. The van der Waals surface area contributed by atoms with Crippen LogP contribution >= 0.6 is 0 Å². The molecule has 0 aromatic heterocycles. The first-order valence-electron chi connectivity index (χ1n) is 9.55. The summed E-state index contributed by atoms with van der Waals surface area (Å²) in [5, 5.41) is 2.83. The Labute approximate surface area is 171 Å². The van der Waals surface area contributed by atoms with E-state index < -0.39 is 10.0 Å². The average molecular weight is 419 g/mol. The molecular weight excluding hydrogens is 392 g/mol.